The number of rotatable bonds is 2. The molecule has 1 heterocycles. The number of para-hydroxylation sites is 1. The minimum Gasteiger partial charge on any atom is -0.456 e. The molecule has 82 valence electrons. The lowest BCUT2D eigenvalue weighted by Gasteiger charge is -1.87. The van der Waals surface area contributed by atoms with Gasteiger partial charge in [0.05, 0.1) is 0 Å². The van der Waals surface area contributed by atoms with E-state index in [1.807, 2.05) is 24.3 Å². The van der Waals surface area contributed by atoms with E-state index < -0.39 is 0 Å². The quantitative estimate of drug-likeness (QED) is 0.769. The molecule has 0 aliphatic carbocycles. The van der Waals surface area contributed by atoms with Crippen molar-refractivity contribution >= 4 is 39.1 Å². The predicted octanol–water partition coefficient (Wildman–Crippen LogP) is 2.96. The lowest BCUT2D eigenvalue weighted by molar-refractivity contribution is 0.574. The predicted molar refractivity (Wildman–Crippen MR) is 73.0 cm³/mol. The average Bonchev–Trinajstić information content (AvgIpc) is 2.57. The van der Waals surface area contributed by atoms with Crippen LogP contribution >= 0.6 is 15.9 Å². The maximum atomic E-state index is 5.80. The van der Waals surface area contributed by atoms with Crippen LogP contribution in [0.25, 0.3) is 23.1 Å². The van der Waals surface area contributed by atoms with E-state index in [1.165, 1.54) is 0 Å². The first-order valence-electron chi connectivity index (χ1n) is 5.18. The molecule has 1 nitrogen and oxygen atoms in total. The summed E-state index contributed by atoms with van der Waals surface area (Å²) in [7, 11) is 0. The van der Waals surface area contributed by atoms with Crippen LogP contribution in [0.5, 0.6) is 0 Å². The van der Waals surface area contributed by atoms with E-state index in [0.29, 0.717) is 0 Å². The third-order valence-electron chi connectivity index (χ3n) is 2.33. The van der Waals surface area contributed by atoms with Crippen molar-refractivity contribution < 1.29 is 4.42 Å². The van der Waals surface area contributed by atoms with Crippen LogP contribution in [-0.2, 0) is 0 Å². The Balaban J connectivity index is 2.89. The van der Waals surface area contributed by atoms with Gasteiger partial charge in [0.25, 0.3) is 0 Å². The Morgan fingerprint density at radius 2 is 2.12 bits per heavy atom. The smallest absolute Gasteiger partial charge is 0.135 e. The highest BCUT2D eigenvalue weighted by molar-refractivity contribution is 9.09. The molecule has 0 saturated heterocycles. The highest BCUT2D eigenvalue weighted by Crippen LogP contribution is 2.07. The lowest BCUT2D eigenvalue weighted by Crippen LogP contribution is -2.20. The molecule has 1 aromatic heterocycles. The van der Waals surface area contributed by atoms with E-state index in [0.717, 1.165) is 21.6 Å². The molecule has 1 unspecified atom stereocenters. The van der Waals surface area contributed by atoms with Crippen molar-refractivity contribution in [2.45, 2.75) is 11.8 Å². The zero-order valence-electron chi connectivity index (χ0n) is 9.11. The van der Waals surface area contributed by atoms with Gasteiger partial charge in [0.1, 0.15) is 11.0 Å². The lowest BCUT2D eigenvalue weighted by atomic mass is 10.2. The number of hydrogen-bond donors (Lipinski definition) is 0. The first-order chi connectivity index (χ1) is 7.72. The normalized spacial score (nSPS) is 15.6. The van der Waals surface area contributed by atoms with Gasteiger partial charge in [0.15, 0.2) is 0 Å². The van der Waals surface area contributed by atoms with Crippen LogP contribution in [0.3, 0.4) is 0 Å². The van der Waals surface area contributed by atoms with Crippen molar-refractivity contribution in [3.8, 4) is 0 Å². The van der Waals surface area contributed by atoms with Gasteiger partial charge < -0.3 is 4.42 Å². The number of alkyl halides is 1. The molecule has 2 rings (SSSR count). The Kier molecular flexibility index (Phi) is 3.30. The van der Waals surface area contributed by atoms with Gasteiger partial charge in [-0.25, -0.2) is 0 Å². The van der Waals surface area contributed by atoms with E-state index in [1.54, 1.807) is 6.08 Å². The second kappa shape index (κ2) is 4.71. The average molecular weight is 277 g/mol. The third-order valence-corrected chi connectivity index (χ3v) is 2.59. The molecule has 2 aromatic rings. The summed E-state index contributed by atoms with van der Waals surface area (Å²) in [4.78, 5) is 0.282. The van der Waals surface area contributed by atoms with E-state index >= 15 is 0 Å². The van der Waals surface area contributed by atoms with Crippen LogP contribution in [0.4, 0.5) is 0 Å². The molecule has 1 aromatic carbocycles. The van der Waals surface area contributed by atoms with Crippen LogP contribution in [0, 0.1) is 0 Å². The van der Waals surface area contributed by atoms with E-state index in [-0.39, 0.29) is 4.83 Å². The van der Waals surface area contributed by atoms with Crippen molar-refractivity contribution in [2.75, 3.05) is 0 Å². The number of furan rings is 1. The second-order valence-electron chi connectivity index (χ2n) is 3.62. The zero-order valence-corrected chi connectivity index (χ0v) is 10.7. The number of halogens is 1. The van der Waals surface area contributed by atoms with Gasteiger partial charge in [-0.1, -0.05) is 52.9 Å². The molecule has 16 heavy (non-hydrogen) atoms. The standard InChI is InChI=1S/C14H13BrO/c1-3-6-11-12-7-4-5-8-13(12)16-14(11)9-10(2)15/h3-10H,1H2,2H3/b11-6-,14-9+. The summed E-state index contributed by atoms with van der Waals surface area (Å²) in [6, 6.07) is 8.03. The van der Waals surface area contributed by atoms with Crippen LogP contribution in [-0.4, -0.2) is 4.83 Å². The molecule has 0 amide bonds. The Bertz CT molecular complexity index is 620. The third kappa shape index (κ3) is 2.12. The Hall–Kier alpha value is -1.28. The second-order valence-corrected chi connectivity index (χ2v) is 5.07. The molecule has 0 N–H and O–H groups in total. The fraction of sp³-hybridized carbons (Fsp3) is 0.143. The van der Waals surface area contributed by atoms with Crippen LogP contribution in [0.1, 0.15) is 6.92 Å². The number of fused-ring (bicyclic) bond motifs is 1. The zero-order chi connectivity index (χ0) is 11.5. The van der Waals surface area contributed by atoms with Crippen molar-refractivity contribution in [1.29, 1.82) is 0 Å². The fourth-order valence-corrected chi connectivity index (χ4v) is 1.95. The topological polar surface area (TPSA) is 13.1 Å². The van der Waals surface area contributed by atoms with E-state index in [9.17, 15) is 0 Å². The van der Waals surface area contributed by atoms with Gasteiger partial charge in [-0.3, -0.25) is 0 Å². The van der Waals surface area contributed by atoms with Gasteiger partial charge in [0, 0.05) is 15.4 Å². The Labute approximate surface area is 103 Å². The summed E-state index contributed by atoms with van der Waals surface area (Å²) < 4.78 is 5.80. The van der Waals surface area contributed by atoms with Gasteiger partial charge >= 0.3 is 0 Å². The molecule has 0 aliphatic heterocycles. The molecule has 0 bridgehead atoms. The maximum absolute atomic E-state index is 5.80. The Morgan fingerprint density at radius 3 is 2.81 bits per heavy atom. The number of allylic oxidation sites excluding steroid dienone is 1. The molecular formula is C14H13BrO. The molecule has 1 atom stereocenters. The monoisotopic (exact) mass is 276 g/mol. The molecule has 2 heteroatoms. The largest absolute Gasteiger partial charge is 0.456 e. The minimum absolute atomic E-state index is 0.282. The van der Waals surface area contributed by atoms with Gasteiger partial charge in [-0.15, -0.1) is 0 Å². The van der Waals surface area contributed by atoms with Gasteiger partial charge in [-0.05, 0) is 19.1 Å². The maximum Gasteiger partial charge on any atom is 0.135 e. The van der Waals surface area contributed by atoms with Crippen LogP contribution < -0.4 is 10.6 Å². The minimum atomic E-state index is 0.282. The van der Waals surface area contributed by atoms with E-state index in [4.69, 9.17) is 4.42 Å². The van der Waals surface area contributed by atoms with Crippen molar-refractivity contribution in [1.82, 2.24) is 0 Å². The first-order valence-corrected chi connectivity index (χ1v) is 6.10. The highest BCUT2D eigenvalue weighted by Gasteiger charge is 2.01. The van der Waals surface area contributed by atoms with Gasteiger partial charge in [-0.2, -0.15) is 0 Å². The van der Waals surface area contributed by atoms with Crippen molar-refractivity contribution in [2.24, 2.45) is 0 Å². The first kappa shape index (κ1) is 11.2. The molecule has 0 fully saturated rings. The summed E-state index contributed by atoms with van der Waals surface area (Å²) >= 11 is 3.50. The van der Waals surface area contributed by atoms with Crippen LogP contribution in [0.15, 0.2) is 41.3 Å². The summed E-state index contributed by atoms with van der Waals surface area (Å²) in [5, 5.41) is 2.22. The molecular weight excluding hydrogens is 264 g/mol. The fourth-order valence-electron chi connectivity index (χ4n) is 1.71. The summed E-state index contributed by atoms with van der Waals surface area (Å²) in [6.45, 7) is 5.80. The van der Waals surface area contributed by atoms with Crippen LogP contribution in [0.2, 0.25) is 0 Å². The van der Waals surface area contributed by atoms with Crippen molar-refractivity contribution in [3.63, 3.8) is 0 Å². The molecule has 0 spiro atoms. The highest BCUT2D eigenvalue weighted by atomic mass is 79.9. The molecule has 0 radical (unpaired) electrons. The summed E-state index contributed by atoms with van der Waals surface area (Å²) in [5.41, 5.74) is 1.81. The van der Waals surface area contributed by atoms with Crippen molar-refractivity contribution in [3.05, 3.63) is 47.6 Å². The number of benzene rings is 1. The van der Waals surface area contributed by atoms with E-state index in [2.05, 4.69) is 41.6 Å². The summed E-state index contributed by atoms with van der Waals surface area (Å²) in [6.07, 6.45) is 5.82. The number of hydrogen-bond acceptors (Lipinski definition) is 1. The SMILES string of the molecule is C=C/C=c1\c(=C/C(C)Br)oc2ccccc12. The molecule has 0 saturated carbocycles. The molecule has 0 aliphatic rings. The summed E-state index contributed by atoms with van der Waals surface area (Å²) in [5.74, 6) is 0. The van der Waals surface area contributed by atoms with Gasteiger partial charge in [0.2, 0.25) is 0 Å². The Morgan fingerprint density at radius 1 is 1.38 bits per heavy atom.